The maximum atomic E-state index is 11.9. The first kappa shape index (κ1) is 10.4. The molecule has 0 bridgehead atoms. The number of hydrogen-bond donors (Lipinski definition) is 0. The zero-order valence-corrected chi connectivity index (χ0v) is 9.48. The van der Waals surface area contributed by atoms with Crippen molar-refractivity contribution < 1.29 is 4.79 Å². The molecule has 15 heavy (non-hydrogen) atoms. The van der Waals surface area contributed by atoms with Crippen LogP contribution in [0.2, 0.25) is 0 Å². The Morgan fingerprint density at radius 1 is 1.67 bits per heavy atom. The molecule has 1 aliphatic rings. The van der Waals surface area contributed by atoms with Crippen LogP contribution in [0.15, 0.2) is 11.4 Å². The number of thiophene rings is 1. The van der Waals surface area contributed by atoms with Gasteiger partial charge >= 0.3 is 0 Å². The van der Waals surface area contributed by atoms with Crippen LogP contribution < -0.4 is 0 Å². The molecule has 1 heterocycles. The number of terminal acetylenes is 1. The summed E-state index contributed by atoms with van der Waals surface area (Å²) in [6.45, 7) is 0. The molecule has 0 saturated heterocycles. The summed E-state index contributed by atoms with van der Waals surface area (Å²) in [4.78, 5) is 13.3. The van der Waals surface area contributed by atoms with Crippen LogP contribution >= 0.6 is 11.3 Å². The molecular formula is C13H14OS. The molecule has 1 aromatic rings. The van der Waals surface area contributed by atoms with Crippen LogP contribution in [0.4, 0.5) is 0 Å². The second-order valence-electron chi connectivity index (χ2n) is 3.91. The number of carbonyl (C=O) groups is 1. The highest BCUT2D eigenvalue weighted by Gasteiger charge is 2.26. The molecule has 0 N–H and O–H groups in total. The van der Waals surface area contributed by atoms with E-state index in [1.54, 1.807) is 11.3 Å². The van der Waals surface area contributed by atoms with Gasteiger partial charge in [-0.2, -0.15) is 0 Å². The number of carbonyl (C=O) groups excluding carboxylic acids is 1. The highest BCUT2D eigenvalue weighted by molar-refractivity contribution is 7.10. The SMILES string of the molecule is C#CCCC(=O)C1CCCc2sccc21. The lowest BCUT2D eigenvalue weighted by molar-refractivity contribution is -0.120. The topological polar surface area (TPSA) is 17.1 Å². The number of hydrogen-bond acceptors (Lipinski definition) is 2. The monoisotopic (exact) mass is 218 g/mol. The zero-order valence-electron chi connectivity index (χ0n) is 8.66. The van der Waals surface area contributed by atoms with Crippen LogP contribution in [-0.2, 0) is 11.2 Å². The van der Waals surface area contributed by atoms with E-state index in [4.69, 9.17) is 6.42 Å². The minimum atomic E-state index is 0.133. The molecule has 1 nitrogen and oxygen atoms in total. The minimum Gasteiger partial charge on any atom is -0.299 e. The molecule has 1 aromatic heterocycles. The normalized spacial score (nSPS) is 19.3. The first-order valence-corrected chi connectivity index (χ1v) is 6.23. The molecule has 1 atom stereocenters. The second kappa shape index (κ2) is 4.63. The molecule has 1 unspecified atom stereocenters. The number of fused-ring (bicyclic) bond motifs is 1. The van der Waals surface area contributed by atoms with E-state index < -0.39 is 0 Å². The number of Topliss-reactive ketones (excluding diaryl/α,β-unsaturated/α-hetero) is 1. The van der Waals surface area contributed by atoms with Crippen molar-refractivity contribution in [2.45, 2.75) is 38.0 Å². The van der Waals surface area contributed by atoms with Crippen molar-refractivity contribution in [2.24, 2.45) is 0 Å². The quantitative estimate of drug-likeness (QED) is 0.712. The Hall–Kier alpha value is -1.07. The van der Waals surface area contributed by atoms with Crippen molar-refractivity contribution in [2.75, 3.05) is 0 Å². The van der Waals surface area contributed by atoms with E-state index in [9.17, 15) is 4.79 Å². The summed E-state index contributed by atoms with van der Waals surface area (Å²) < 4.78 is 0. The van der Waals surface area contributed by atoms with Crippen LogP contribution in [0.5, 0.6) is 0 Å². The Morgan fingerprint density at radius 2 is 2.53 bits per heavy atom. The number of aryl methyl sites for hydroxylation is 1. The van der Waals surface area contributed by atoms with Crippen LogP contribution in [0.1, 0.15) is 42.0 Å². The Bertz CT molecular complexity index is 397. The summed E-state index contributed by atoms with van der Waals surface area (Å²) in [5, 5.41) is 2.09. The van der Waals surface area contributed by atoms with Crippen LogP contribution in [-0.4, -0.2) is 5.78 Å². The second-order valence-corrected chi connectivity index (χ2v) is 4.92. The predicted molar refractivity (Wildman–Crippen MR) is 63.1 cm³/mol. The average molecular weight is 218 g/mol. The number of rotatable bonds is 3. The molecule has 2 rings (SSSR count). The van der Waals surface area contributed by atoms with Gasteiger partial charge in [-0.3, -0.25) is 4.79 Å². The van der Waals surface area contributed by atoms with Gasteiger partial charge in [0.1, 0.15) is 5.78 Å². The van der Waals surface area contributed by atoms with Gasteiger partial charge in [0.2, 0.25) is 0 Å². The van der Waals surface area contributed by atoms with Crippen molar-refractivity contribution in [1.82, 2.24) is 0 Å². The van der Waals surface area contributed by atoms with E-state index in [0.29, 0.717) is 18.6 Å². The van der Waals surface area contributed by atoms with E-state index in [1.165, 1.54) is 10.4 Å². The lowest BCUT2D eigenvalue weighted by Gasteiger charge is -2.20. The van der Waals surface area contributed by atoms with Crippen molar-refractivity contribution >= 4 is 17.1 Å². The fourth-order valence-electron chi connectivity index (χ4n) is 2.19. The first-order chi connectivity index (χ1) is 7.33. The molecule has 0 amide bonds. The molecule has 0 saturated carbocycles. The maximum Gasteiger partial charge on any atom is 0.141 e. The molecule has 2 heteroatoms. The summed E-state index contributed by atoms with van der Waals surface area (Å²) in [5.74, 6) is 3.00. The summed E-state index contributed by atoms with van der Waals surface area (Å²) in [5.41, 5.74) is 1.27. The maximum absolute atomic E-state index is 11.9. The van der Waals surface area contributed by atoms with Crippen molar-refractivity contribution in [3.63, 3.8) is 0 Å². The van der Waals surface area contributed by atoms with Gasteiger partial charge in [-0.15, -0.1) is 23.7 Å². The van der Waals surface area contributed by atoms with E-state index in [-0.39, 0.29) is 5.92 Å². The summed E-state index contributed by atoms with van der Waals surface area (Å²) >= 11 is 1.78. The lowest BCUT2D eigenvalue weighted by Crippen LogP contribution is -2.16. The standard InChI is InChI=1S/C13H14OS/c1-2-3-6-12(14)10-5-4-7-13-11(10)8-9-15-13/h1,8-10H,3-7H2. The summed E-state index contributed by atoms with van der Waals surface area (Å²) in [6, 6.07) is 2.11. The Kier molecular flexibility index (Phi) is 3.23. The molecule has 0 fully saturated rings. The molecule has 0 aliphatic heterocycles. The molecule has 0 spiro atoms. The van der Waals surface area contributed by atoms with E-state index in [2.05, 4.69) is 17.4 Å². The van der Waals surface area contributed by atoms with Gasteiger partial charge in [-0.05, 0) is 36.3 Å². The Labute approximate surface area is 94.5 Å². The van der Waals surface area contributed by atoms with Gasteiger partial charge in [0.05, 0.1) is 0 Å². The molecule has 1 aliphatic carbocycles. The fraction of sp³-hybridized carbons (Fsp3) is 0.462. The van der Waals surface area contributed by atoms with Gasteiger partial charge in [0.15, 0.2) is 0 Å². The van der Waals surface area contributed by atoms with Gasteiger partial charge in [0, 0.05) is 23.6 Å². The number of ketones is 1. The largest absolute Gasteiger partial charge is 0.299 e. The molecular weight excluding hydrogens is 204 g/mol. The van der Waals surface area contributed by atoms with E-state index in [0.717, 1.165) is 19.3 Å². The van der Waals surface area contributed by atoms with Gasteiger partial charge in [0.25, 0.3) is 0 Å². The zero-order chi connectivity index (χ0) is 10.7. The van der Waals surface area contributed by atoms with Gasteiger partial charge in [-0.1, -0.05) is 0 Å². The lowest BCUT2D eigenvalue weighted by atomic mass is 9.83. The Balaban J connectivity index is 2.12. The molecule has 78 valence electrons. The average Bonchev–Trinajstić information content (AvgIpc) is 2.73. The Morgan fingerprint density at radius 3 is 3.33 bits per heavy atom. The van der Waals surface area contributed by atoms with E-state index >= 15 is 0 Å². The van der Waals surface area contributed by atoms with Crippen molar-refractivity contribution in [3.05, 3.63) is 21.9 Å². The van der Waals surface area contributed by atoms with Gasteiger partial charge < -0.3 is 0 Å². The van der Waals surface area contributed by atoms with Crippen molar-refractivity contribution in [3.8, 4) is 12.3 Å². The third-order valence-corrected chi connectivity index (χ3v) is 3.95. The smallest absolute Gasteiger partial charge is 0.141 e. The molecule has 0 aromatic carbocycles. The minimum absolute atomic E-state index is 0.133. The van der Waals surface area contributed by atoms with Crippen molar-refractivity contribution in [1.29, 1.82) is 0 Å². The van der Waals surface area contributed by atoms with E-state index in [1.807, 2.05) is 0 Å². The fourth-order valence-corrected chi connectivity index (χ4v) is 3.18. The highest BCUT2D eigenvalue weighted by Crippen LogP contribution is 2.36. The third-order valence-electron chi connectivity index (χ3n) is 2.96. The molecule has 0 radical (unpaired) electrons. The third kappa shape index (κ3) is 2.13. The van der Waals surface area contributed by atoms with Crippen LogP contribution in [0.25, 0.3) is 0 Å². The van der Waals surface area contributed by atoms with Crippen LogP contribution in [0.3, 0.4) is 0 Å². The highest BCUT2D eigenvalue weighted by atomic mass is 32.1. The predicted octanol–water partition coefficient (Wildman–Crippen LogP) is 3.15. The van der Waals surface area contributed by atoms with Crippen LogP contribution in [0, 0.1) is 12.3 Å². The first-order valence-electron chi connectivity index (χ1n) is 5.35. The summed E-state index contributed by atoms with van der Waals surface area (Å²) in [6.07, 6.45) is 9.59. The van der Waals surface area contributed by atoms with Gasteiger partial charge in [-0.25, -0.2) is 0 Å². The summed E-state index contributed by atoms with van der Waals surface area (Å²) in [7, 11) is 0.